The second kappa shape index (κ2) is 66.8. The van der Waals surface area contributed by atoms with Crippen molar-refractivity contribution >= 4 is 144 Å². The summed E-state index contributed by atoms with van der Waals surface area (Å²) in [4.78, 5) is 127. The first-order valence-electron chi connectivity index (χ1n) is 54.8. The van der Waals surface area contributed by atoms with Gasteiger partial charge in [-0.3, -0.25) is 47.9 Å². The minimum atomic E-state index is -0.182. The lowest BCUT2D eigenvalue weighted by molar-refractivity contribution is -0.130. The Morgan fingerprint density at radius 1 is 0.273 bits per heavy atom. The van der Waals surface area contributed by atoms with Gasteiger partial charge >= 0.3 is 0 Å². The van der Waals surface area contributed by atoms with Crippen LogP contribution in [0.3, 0.4) is 0 Å². The summed E-state index contributed by atoms with van der Waals surface area (Å²) in [7, 11) is 0. The number of rotatable bonds is 43. The molecule has 14 rings (SSSR count). The molecule has 7 aromatic carbocycles. The molecule has 0 unspecified atom stereocenters. The van der Waals surface area contributed by atoms with Gasteiger partial charge in [-0.1, -0.05) is 287 Å². The maximum atomic E-state index is 12.6. The molecular weight excluding hydrogens is 2070 g/mol. The predicted octanol–water partition coefficient (Wildman–Crippen LogP) is 22.5. The Morgan fingerprint density at radius 2 is 0.487 bits per heavy atom. The summed E-state index contributed by atoms with van der Waals surface area (Å²) in [5.41, 5.74) is 7.26. The molecule has 150 heavy (non-hydrogen) atoms. The molecule has 0 bridgehead atoms. The van der Waals surface area contributed by atoms with Crippen LogP contribution in [0.2, 0.25) is 30.1 Å². The zero-order valence-electron chi connectivity index (χ0n) is 91.8. The van der Waals surface area contributed by atoms with E-state index < -0.39 is 0 Å². The zero-order chi connectivity index (χ0) is 110. The van der Waals surface area contributed by atoms with E-state index in [0.29, 0.717) is 93.6 Å². The molecule has 11 atom stereocenters. The van der Waals surface area contributed by atoms with Gasteiger partial charge < -0.3 is 62.6 Å². The quantitative estimate of drug-likeness (QED) is 0.0172. The predicted molar refractivity (Wildman–Crippen MR) is 621 cm³/mol. The highest BCUT2D eigenvalue weighted by molar-refractivity contribution is 9.10. The summed E-state index contributed by atoms with van der Waals surface area (Å²) in [6, 6.07) is 56.0. The third-order valence-electron chi connectivity index (χ3n) is 29.4. The molecule has 824 valence electrons. The van der Waals surface area contributed by atoms with Gasteiger partial charge in [0, 0.05) is 231 Å². The third kappa shape index (κ3) is 44.6. The standard InChI is InChI=1S/C19H27ClN2O2.2C18H25ClN2O2.C18H26ClNO.C16H22BrNO.2C16H23ClN2O/c1-13(2)19(24)18(15-4-6-16(20)7-5-15)12-21-17-8-10-22(11-9-17)14(3)23;2*1-12(2)18(23)17(14-4-6-15(19)7-5-14)10-20-16-8-9-21(11-16)13(3)22;1-13(2)18(21)17(14-8-10-15(19)11-9-14)12-20-16-6-4-3-5-7-16;1-11(2)16(19)15(10-18-9-12-3-4-12)13-5-7-14(17)8-6-13;2*1-11(2)16(20)15(10-19-14-7-8-18-9-14)12-3-5-13(17)6-4-12/h4-7,13,17-18,21H,8-12H2,1-3H3;2*4-7,12,16-17,20H,8-11H2,1-3H3;8-11,13,16-17,20H,3-7,12H2,1-2H3;5-8,11-12,15,18H,3-4,9-10H2,1-2H3;2*3-6,11,14-15,18-19H,7-10H2,1-2H3/t18-;16-,17+;16-,17-;17-;15-;14-,15+;14-,15-/m1011101/s1. The molecule has 3 amide bonds. The van der Waals surface area contributed by atoms with Crippen molar-refractivity contribution in [3.8, 4) is 0 Å². The Kier molecular flexibility index (Phi) is 56.8. The number of amides is 3. The summed E-state index contributed by atoms with van der Waals surface area (Å²) in [6.07, 6.45) is 15.1. The summed E-state index contributed by atoms with van der Waals surface area (Å²) < 4.78 is 1.05. The van der Waals surface area contributed by atoms with E-state index in [9.17, 15) is 47.9 Å². The fourth-order valence-corrected chi connectivity index (χ4v) is 20.6. The lowest BCUT2D eigenvalue weighted by atomic mass is 9.88. The van der Waals surface area contributed by atoms with Crippen LogP contribution in [0, 0.1) is 47.3 Å². The number of carbonyl (C=O) groups excluding carboxylic acids is 10. The number of ketones is 7. The molecule has 2 saturated carbocycles. The smallest absolute Gasteiger partial charge is 0.219 e. The molecule has 5 heterocycles. The monoisotopic (exact) mass is 2240 g/mol. The molecule has 5 saturated heterocycles. The van der Waals surface area contributed by atoms with E-state index in [-0.39, 0.29) is 142 Å². The van der Waals surface area contributed by atoms with E-state index in [2.05, 4.69) is 63.8 Å². The summed E-state index contributed by atoms with van der Waals surface area (Å²) in [5, 5.41) is 35.4. The Hall–Kier alpha value is -7.50. The number of likely N-dealkylation sites (tertiary alicyclic amines) is 3. The Bertz CT molecular complexity index is 5060. The lowest BCUT2D eigenvalue weighted by Gasteiger charge is -2.32. The fourth-order valence-electron chi connectivity index (χ4n) is 19.6. The lowest BCUT2D eigenvalue weighted by Crippen LogP contribution is -2.45. The van der Waals surface area contributed by atoms with Crippen LogP contribution in [0.25, 0.3) is 0 Å². The highest BCUT2D eigenvalue weighted by Crippen LogP contribution is 2.34. The molecule has 9 N–H and O–H groups in total. The van der Waals surface area contributed by atoms with Gasteiger partial charge in [0.2, 0.25) is 17.7 Å². The van der Waals surface area contributed by atoms with Crippen molar-refractivity contribution in [3.05, 3.63) is 243 Å². The van der Waals surface area contributed by atoms with Gasteiger partial charge in [-0.2, -0.15) is 0 Å². The molecule has 2 aliphatic carbocycles. The van der Waals surface area contributed by atoms with Crippen LogP contribution in [-0.4, -0.2) is 227 Å². The Labute approximate surface area is 934 Å². The van der Waals surface area contributed by atoms with Crippen molar-refractivity contribution in [1.82, 2.24) is 62.6 Å². The highest BCUT2D eigenvalue weighted by Gasteiger charge is 2.35. The van der Waals surface area contributed by atoms with Crippen LogP contribution < -0.4 is 47.9 Å². The van der Waals surface area contributed by atoms with Crippen LogP contribution in [0.15, 0.2) is 174 Å². The van der Waals surface area contributed by atoms with E-state index in [1.54, 1.807) is 20.8 Å². The Balaban J connectivity index is 0.000000213. The topological polar surface area (TPSA) is 289 Å². The van der Waals surface area contributed by atoms with Gasteiger partial charge in [0.05, 0.1) is 41.4 Å². The number of halogens is 7. The van der Waals surface area contributed by atoms with Crippen molar-refractivity contribution < 1.29 is 47.9 Å². The zero-order valence-corrected chi connectivity index (χ0v) is 97.9. The van der Waals surface area contributed by atoms with Gasteiger partial charge in [0.15, 0.2) is 0 Å². The third-order valence-corrected chi connectivity index (χ3v) is 31.4. The second-order valence-electron chi connectivity index (χ2n) is 43.6. The number of Topliss-reactive ketones (excluding diaryl/α,β-unsaturated/α-hetero) is 7. The second-order valence-corrected chi connectivity index (χ2v) is 47.1. The van der Waals surface area contributed by atoms with E-state index in [4.69, 9.17) is 69.6 Å². The van der Waals surface area contributed by atoms with Gasteiger partial charge in [-0.15, -0.1) is 0 Å². The van der Waals surface area contributed by atoms with Crippen LogP contribution in [0.4, 0.5) is 0 Å². The maximum absolute atomic E-state index is 12.6. The van der Waals surface area contributed by atoms with Gasteiger partial charge in [-0.25, -0.2) is 0 Å². The van der Waals surface area contributed by atoms with E-state index in [0.717, 1.165) is 178 Å². The van der Waals surface area contributed by atoms with Crippen molar-refractivity contribution in [3.63, 3.8) is 0 Å². The number of piperidine rings is 1. The summed E-state index contributed by atoms with van der Waals surface area (Å²) in [6.45, 7) is 46.6. The average Bonchev–Trinajstić information content (AvgIpc) is 1.64. The maximum Gasteiger partial charge on any atom is 0.219 e. The molecule has 7 aliphatic rings. The number of benzene rings is 7. The van der Waals surface area contributed by atoms with Crippen molar-refractivity contribution in [2.45, 2.75) is 279 Å². The van der Waals surface area contributed by atoms with Crippen LogP contribution in [0.1, 0.15) is 282 Å². The normalized spacial score (nSPS) is 18.6. The number of carbonyl (C=O) groups is 10. The van der Waals surface area contributed by atoms with Gasteiger partial charge in [0.1, 0.15) is 40.5 Å². The number of nitrogens with one attached hydrogen (secondary N) is 9. The molecule has 5 aliphatic heterocycles. The van der Waals surface area contributed by atoms with Crippen LogP contribution in [0.5, 0.6) is 0 Å². The summed E-state index contributed by atoms with van der Waals surface area (Å²) in [5.74, 6) is 2.48. The van der Waals surface area contributed by atoms with Crippen LogP contribution in [-0.2, 0) is 47.9 Å². The first kappa shape index (κ1) is 128. The molecule has 7 fully saturated rings. The fraction of sp³-hybridized carbons (Fsp3) is 0.570. The molecule has 0 spiro atoms. The molecular formula is C121H171BrCl6N12O10. The van der Waals surface area contributed by atoms with E-state index in [1.807, 2.05) is 281 Å². The number of hydrogen-bond acceptors (Lipinski definition) is 19. The van der Waals surface area contributed by atoms with Gasteiger partial charge in [0.25, 0.3) is 0 Å². The SMILES string of the molecule is CC(=O)N1CCC(NC[C@@H](C(=O)C(C)C)c2ccc(Cl)cc2)CC1.CC(=O)N1CC[C@@H](NC[C@@H](C(=O)C(C)C)c2ccc(Cl)cc2)C1.CC(=O)N1CC[C@H](NC[C@@H](C(=O)C(C)C)c2ccc(Cl)cc2)C1.CC(C)C(=O)[C@H](CNC1CCCCC1)c1ccc(Cl)cc1.CC(C)C(=O)[C@H](CNCC1CC1)c1ccc(Br)cc1.CC(C)C(=O)[C@H](CN[C@@H]1CCNC1)c1ccc(Cl)cc1.CC(C)C(=O)[C@H](CN[C@H]1CCNC1)c1ccc(Cl)cc1. The van der Waals surface area contributed by atoms with E-state index >= 15 is 0 Å². The number of nitrogens with zero attached hydrogens (tertiary/aromatic N) is 3. The molecule has 22 nitrogen and oxygen atoms in total. The summed E-state index contributed by atoms with van der Waals surface area (Å²) >= 11 is 39.1. The van der Waals surface area contributed by atoms with Crippen molar-refractivity contribution in [2.75, 3.05) is 118 Å². The van der Waals surface area contributed by atoms with Crippen molar-refractivity contribution in [2.24, 2.45) is 47.3 Å². The van der Waals surface area contributed by atoms with Gasteiger partial charge in [-0.05, 0) is 214 Å². The number of hydrogen-bond donors (Lipinski definition) is 9. The first-order chi connectivity index (χ1) is 71.4. The highest BCUT2D eigenvalue weighted by atomic mass is 79.9. The molecule has 0 aromatic heterocycles. The van der Waals surface area contributed by atoms with E-state index in [1.165, 1.54) is 44.9 Å². The minimum Gasteiger partial charge on any atom is -0.343 e. The van der Waals surface area contributed by atoms with Crippen LogP contribution >= 0.6 is 85.5 Å². The Morgan fingerprint density at radius 3 is 0.707 bits per heavy atom. The largest absolute Gasteiger partial charge is 0.343 e. The minimum absolute atomic E-state index is 0.00737. The average molecular weight is 2250 g/mol. The molecule has 29 heteroatoms. The molecule has 7 aromatic rings. The molecule has 0 radical (unpaired) electrons. The van der Waals surface area contributed by atoms with Crippen molar-refractivity contribution in [1.29, 1.82) is 0 Å². The first-order valence-corrected chi connectivity index (χ1v) is 57.8.